The van der Waals surface area contributed by atoms with E-state index in [0.29, 0.717) is 24.2 Å². The first kappa shape index (κ1) is 41.8. The largest absolute Gasteiger partial charge is 0.509 e. The smallest absolute Gasteiger partial charge is 0.443 e. The molecular weight excluding hydrogens is 640 g/mol. The lowest BCUT2D eigenvalue weighted by molar-refractivity contribution is -0.121. The summed E-state index contributed by atoms with van der Waals surface area (Å²) in [5.74, 6) is -0.166. The summed E-state index contributed by atoms with van der Waals surface area (Å²) in [6.45, 7) is 24.2. The highest BCUT2D eigenvalue weighted by atomic mass is 16.7. The van der Waals surface area contributed by atoms with Gasteiger partial charge in [-0.05, 0) is 130 Å². The van der Waals surface area contributed by atoms with Gasteiger partial charge in [-0.2, -0.15) is 0 Å². The molecule has 50 heavy (non-hydrogen) atoms. The molecule has 11 heteroatoms. The number of carbonyl (C=O) groups is 5. The fourth-order valence-corrected chi connectivity index (χ4v) is 6.04. The standard InChI is InChI=1S/C39H56N2O9/c1-23-15-17-29(27(5)31(23)40-33(44)47-36(7,8)19-25(3)42)21-38(11,12)49-35(46)50-39(13,14)22-30-18-16-24(2)32(28(30)6)41-34(45)48-37(9,10)20-26(4)43/h15-18H,19-22H2,1-14H3,(H,40,44)(H,41,45). The lowest BCUT2D eigenvalue weighted by Gasteiger charge is -2.31. The number of benzene rings is 2. The molecule has 0 fully saturated rings. The highest BCUT2D eigenvalue weighted by Crippen LogP contribution is 2.31. The number of ether oxygens (including phenoxy) is 4. The molecule has 0 saturated heterocycles. The summed E-state index contributed by atoms with van der Waals surface area (Å²) in [7, 11) is 0. The maximum absolute atomic E-state index is 13.1. The molecule has 0 aliphatic rings. The average molecular weight is 697 g/mol. The highest BCUT2D eigenvalue weighted by Gasteiger charge is 2.32. The fourth-order valence-electron chi connectivity index (χ4n) is 6.04. The van der Waals surface area contributed by atoms with Gasteiger partial charge < -0.3 is 18.9 Å². The van der Waals surface area contributed by atoms with Crippen LogP contribution in [0.1, 0.15) is 115 Å². The van der Waals surface area contributed by atoms with Crippen LogP contribution >= 0.6 is 0 Å². The van der Waals surface area contributed by atoms with E-state index in [1.54, 1.807) is 55.4 Å². The van der Waals surface area contributed by atoms with Gasteiger partial charge >= 0.3 is 18.3 Å². The lowest BCUT2D eigenvalue weighted by atomic mass is 9.92. The fraction of sp³-hybridized carbons (Fsp3) is 0.564. The van der Waals surface area contributed by atoms with E-state index in [2.05, 4.69) is 10.6 Å². The van der Waals surface area contributed by atoms with E-state index in [-0.39, 0.29) is 24.4 Å². The van der Waals surface area contributed by atoms with E-state index in [1.807, 2.05) is 52.0 Å². The van der Waals surface area contributed by atoms with Gasteiger partial charge in [0.2, 0.25) is 0 Å². The van der Waals surface area contributed by atoms with Gasteiger partial charge in [-0.15, -0.1) is 0 Å². The zero-order valence-electron chi connectivity index (χ0n) is 32.3. The minimum Gasteiger partial charge on any atom is -0.443 e. The number of carbonyl (C=O) groups excluding carboxylic acids is 5. The maximum Gasteiger partial charge on any atom is 0.509 e. The Labute approximate surface area is 297 Å². The molecule has 2 aromatic carbocycles. The summed E-state index contributed by atoms with van der Waals surface area (Å²) in [6.07, 6.45) is -1.31. The molecule has 0 unspecified atom stereocenters. The maximum atomic E-state index is 13.1. The van der Waals surface area contributed by atoms with Crippen molar-refractivity contribution in [2.45, 2.75) is 145 Å². The van der Waals surface area contributed by atoms with Crippen molar-refractivity contribution in [3.05, 3.63) is 57.6 Å². The predicted molar refractivity (Wildman–Crippen MR) is 194 cm³/mol. The Balaban J connectivity index is 2.13. The molecule has 0 saturated carbocycles. The second kappa shape index (κ2) is 16.1. The third-order valence-corrected chi connectivity index (χ3v) is 8.06. The van der Waals surface area contributed by atoms with Crippen LogP contribution < -0.4 is 10.6 Å². The van der Waals surface area contributed by atoms with Crippen LogP contribution in [0.5, 0.6) is 0 Å². The number of amides is 2. The van der Waals surface area contributed by atoms with E-state index < -0.39 is 40.7 Å². The van der Waals surface area contributed by atoms with E-state index in [9.17, 15) is 24.0 Å². The second-order valence-corrected chi connectivity index (χ2v) is 15.7. The topological polar surface area (TPSA) is 146 Å². The van der Waals surface area contributed by atoms with Crippen LogP contribution in [0.15, 0.2) is 24.3 Å². The van der Waals surface area contributed by atoms with Crippen molar-refractivity contribution < 1.29 is 42.9 Å². The third-order valence-electron chi connectivity index (χ3n) is 8.06. The average Bonchev–Trinajstić information content (AvgIpc) is 2.89. The van der Waals surface area contributed by atoms with Gasteiger partial charge in [0.25, 0.3) is 0 Å². The molecule has 2 rings (SSSR count). The van der Waals surface area contributed by atoms with Crippen LogP contribution in [0, 0.1) is 27.7 Å². The molecule has 0 heterocycles. The third kappa shape index (κ3) is 13.1. The molecule has 2 N–H and O–H groups in total. The Morgan fingerprint density at radius 1 is 0.520 bits per heavy atom. The summed E-state index contributed by atoms with van der Waals surface area (Å²) in [5, 5.41) is 5.64. The van der Waals surface area contributed by atoms with E-state index in [1.165, 1.54) is 13.8 Å². The van der Waals surface area contributed by atoms with E-state index >= 15 is 0 Å². The first-order chi connectivity index (χ1) is 22.7. The van der Waals surface area contributed by atoms with Crippen molar-refractivity contribution >= 4 is 41.3 Å². The molecule has 0 spiro atoms. The molecular formula is C39H56N2O9. The number of anilines is 2. The number of nitrogens with one attached hydrogen (secondary N) is 2. The van der Waals surface area contributed by atoms with Gasteiger partial charge in [-0.25, -0.2) is 14.4 Å². The number of aryl methyl sites for hydroxylation is 2. The molecule has 0 atom stereocenters. The zero-order valence-corrected chi connectivity index (χ0v) is 32.3. The van der Waals surface area contributed by atoms with Crippen molar-refractivity contribution in [1.29, 1.82) is 0 Å². The van der Waals surface area contributed by atoms with Crippen LogP contribution in [0.25, 0.3) is 0 Å². The predicted octanol–water partition coefficient (Wildman–Crippen LogP) is 9.03. The molecule has 11 nitrogen and oxygen atoms in total. The second-order valence-electron chi connectivity index (χ2n) is 15.7. The molecule has 0 aliphatic heterocycles. The van der Waals surface area contributed by atoms with Gasteiger partial charge in [0.1, 0.15) is 34.0 Å². The summed E-state index contributed by atoms with van der Waals surface area (Å²) >= 11 is 0. The van der Waals surface area contributed by atoms with Crippen LogP contribution in [0.4, 0.5) is 25.8 Å². The zero-order chi connectivity index (χ0) is 38.4. The molecule has 276 valence electrons. The van der Waals surface area contributed by atoms with Crippen molar-refractivity contribution in [3.63, 3.8) is 0 Å². The minimum atomic E-state index is -0.970. The minimum absolute atomic E-state index is 0.0832. The van der Waals surface area contributed by atoms with Crippen LogP contribution in [0.2, 0.25) is 0 Å². The normalized spacial score (nSPS) is 12.1. The van der Waals surface area contributed by atoms with Crippen LogP contribution in [0.3, 0.4) is 0 Å². The summed E-state index contributed by atoms with van der Waals surface area (Å²) in [5.41, 5.74) is 2.25. The number of hydrogen-bond donors (Lipinski definition) is 2. The SMILES string of the molecule is CC(=O)CC(C)(C)OC(=O)Nc1c(C)ccc(CC(C)(C)OC(=O)OC(C)(C)Cc2ccc(C)c(NC(=O)OC(C)(C)CC(C)=O)c2C)c1C. The first-order valence-corrected chi connectivity index (χ1v) is 16.8. The summed E-state index contributed by atoms with van der Waals surface area (Å²) < 4.78 is 22.7. The Morgan fingerprint density at radius 2 is 0.840 bits per heavy atom. The molecule has 0 radical (unpaired) electrons. The number of rotatable bonds is 14. The van der Waals surface area contributed by atoms with Crippen LogP contribution in [-0.2, 0) is 41.4 Å². The molecule has 2 amide bonds. The number of hydrogen-bond acceptors (Lipinski definition) is 9. The first-order valence-electron chi connectivity index (χ1n) is 16.8. The van der Waals surface area contributed by atoms with E-state index in [0.717, 1.165) is 33.4 Å². The van der Waals surface area contributed by atoms with Gasteiger partial charge in [-0.1, -0.05) is 24.3 Å². The number of Topliss-reactive ketones (excluding diaryl/α,β-unsaturated/α-hetero) is 2. The molecule has 2 aromatic rings. The quantitative estimate of drug-likeness (QED) is 0.146. The van der Waals surface area contributed by atoms with Crippen molar-refractivity contribution in [1.82, 2.24) is 0 Å². The Morgan fingerprint density at radius 3 is 1.14 bits per heavy atom. The van der Waals surface area contributed by atoms with Gasteiger partial charge in [0, 0.05) is 25.7 Å². The van der Waals surface area contributed by atoms with E-state index in [4.69, 9.17) is 18.9 Å². The van der Waals surface area contributed by atoms with Gasteiger partial charge in [0.05, 0.1) is 11.4 Å². The molecule has 0 aromatic heterocycles. The Kier molecular flexibility index (Phi) is 13.4. The summed E-state index contributed by atoms with van der Waals surface area (Å²) in [4.78, 5) is 61.7. The number of ketones is 2. The van der Waals surface area contributed by atoms with Crippen molar-refractivity contribution in [3.8, 4) is 0 Å². The van der Waals surface area contributed by atoms with Crippen molar-refractivity contribution in [2.24, 2.45) is 0 Å². The Hall–Kier alpha value is -4.41. The van der Waals surface area contributed by atoms with Gasteiger partial charge in [0.15, 0.2) is 0 Å². The lowest BCUT2D eigenvalue weighted by Crippen LogP contribution is -2.37. The van der Waals surface area contributed by atoms with Crippen LogP contribution in [-0.4, -0.2) is 52.3 Å². The monoisotopic (exact) mass is 696 g/mol. The molecule has 0 aliphatic carbocycles. The van der Waals surface area contributed by atoms with Crippen molar-refractivity contribution in [2.75, 3.05) is 10.6 Å². The Bertz CT molecular complexity index is 1500. The van der Waals surface area contributed by atoms with Gasteiger partial charge in [-0.3, -0.25) is 20.2 Å². The summed E-state index contributed by atoms with van der Waals surface area (Å²) in [6, 6.07) is 7.59. The highest BCUT2D eigenvalue weighted by molar-refractivity contribution is 5.89. The molecule has 0 bridgehead atoms.